The molecule has 0 fully saturated rings. The number of aromatic hydroxyl groups is 3. The maximum atomic E-state index is 12.6. The second kappa shape index (κ2) is 26.6. The number of nitro groups is 1. The Kier molecular flexibility index (Phi) is 20.5. The highest BCUT2D eigenvalue weighted by Gasteiger charge is 2.25. The van der Waals surface area contributed by atoms with Crippen LogP contribution in [0, 0.1) is 10.1 Å². The molecule has 0 saturated carbocycles. The van der Waals surface area contributed by atoms with E-state index in [0.29, 0.717) is 5.39 Å². The molecule has 40 heteroatoms. The Labute approximate surface area is 467 Å². The van der Waals surface area contributed by atoms with Crippen molar-refractivity contribution in [3.63, 3.8) is 0 Å². The van der Waals surface area contributed by atoms with Crippen molar-refractivity contribution in [2.24, 2.45) is 40.9 Å². The van der Waals surface area contributed by atoms with E-state index in [1.165, 1.54) is 84.9 Å². The number of phenols is 3. The second-order valence-corrected chi connectivity index (χ2v) is 21.0. The molecule has 0 amide bonds. The van der Waals surface area contributed by atoms with Crippen molar-refractivity contribution < 1.29 is 102 Å². The van der Waals surface area contributed by atoms with Crippen molar-refractivity contribution >= 4 is 151 Å². The first-order chi connectivity index (χ1) is 38.7. The maximum Gasteiger partial charge on any atom is 0.425 e. The van der Waals surface area contributed by atoms with Crippen molar-refractivity contribution in [3.05, 3.63) is 131 Å². The number of hydrogen-bond acceptors (Lipinski definition) is 30. The zero-order chi connectivity index (χ0) is 61.9. The number of anilines is 1. The summed E-state index contributed by atoms with van der Waals surface area (Å²) in [6.45, 7) is -0.501. The SMILES string of the molecule is Nc1c(N=Nc2ccc3cc(S(=O)(=O)O)c(N=Nc4ccc([N+](=O)[O-])cc4)c(O)c3c2)c(S(=O)(=O)O)cc2ccc(N=Nc3ccc4c(O)c(N=Nc5ccc(CO)cc5S(=O)(=O)O)ccc4c3)c(O)c12.O=S(=O)=O.O=S(=O)=O.O=S(=O)=O. The molecule has 0 aliphatic heterocycles. The number of benzene rings is 8. The van der Waals surface area contributed by atoms with Gasteiger partial charge in [-0.05, 0) is 101 Å². The molecule has 8 aromatic rings. The summed E-state index contributed by atoms with van der Waals surface area (Å²) in [4.78, 5) is 8.09. The zero-order valence-corrected chi connectivity index (χ0v) is 45.2. The predicted molar refractivity (Wildman–Crippen MR) is 282 cm³/mol. The Morgan fingerprint density at radius 3 is 1.43 bits per heavy atom. The Morgan fingerprint density at radius 2 is 0.867 bits per heavy atom. The Balaban J connectivity index is 0.000000959. The number of nitrogen functional groups attached to an aromatic ring is 1. The van der Waals surface area contributed by atoms with Crippen molar-refractivity contribution in [1.82, 2.24) is 0 Å². The van der Waals surface area contributed by atoms with Crippen LogP contribution >= 0.6 is 0 Å². The highest BCUT2D eigenvalue weighted by Crippen LogP contribution is 2.47. The van der Waals surface area contributed by atoms with Gasteiger partial charge < -0.3 is 26.2 Å². The average molecular weight is 1260 g/mol. The number of aliphatic hydroxyl groups is 1. The van der Waals surface area contributed by atoms with E-state index in [-0.39, 0.29) is 78.1 Å². The number of nitrogens with two attached hydrogens (primary N) is 1. The van der Waals surface area contributed by atoms with E-state index in [0.717, 1.165) is 30.3 Å². The van der Waals surface area contributed by atoms with E-state index in [1.807, 2.05) is 0 Å². The molecule has 83 heavy (non-hydrogen) atoms. The van der Waals surface area contributed by atoms with Gasteiger partial charge in [-0.25, -0.2) is 0 Å². The lowest BCUT2D eigenvalue weighted by Gasteiger charge is -2.12. The van der Waals surface area contributed by atoms with Crippen LogP contribution in [0.4, 0.5) is 56.9 Å². The van der Waals surface area contributed by atoms with E-state index in [9.17, 15) is 69.5 Å². The van der Waals surface area contributed by atoms with Gasteiger partial charge in [0.05, 0.1) is 39.7 Å². The number of rotatable bonds is 13. The summed E-state index contributed by atoms with van der Waals surface area (Å²) < 4.78 is 180. The minimum Gasteiger partial charge on any atom is -0.505 e. The van der Waals surface area contributed by atoms with Crippen LogP contribution in [0.5, 0.6) is 17.2 Å². The van der Waals surface area contributed by atoms with E-state index in [1.54, 1.807) is 0 Å². The lowest BCUT2D eigenvalue weighted by atomic mass is 10.1. The number of phenolic OH excluding ortho intramolecular Hbond substituents is 3. The summed E-state index contributed by atoms with van der Waals surface area (Å²) in [6, 6.07) is 23.8. The van der Waals surface area contributed by atoms with Crippen LogP contribution in [0.15, 0.2) is 171 Å². The first kappa shape index (κ1) is 63.9. The average Bonchev–Trinajstić information content (AvgIpc) is 1.95. The topological polar surface area (TPSA) is 566 Å². The lowest BCUT2D eigenvalue weighted by molar-refractivity contribution is -0.384. The number of azo groups is 4. The van der Waals surface area contributed by atoms with Crippen molar-refractivity contribution in [2.75, 3.05) is 5.73 Å². The summed E-state index contributed by atoms with van der Waals surface area (Å²) in [5.41, 5.74) is 4.11. The van der Waals surface area contributed by atoms with E-state index >= 15 is 0 Å². The quantitative estimate of drug-likeness (QED) is 0.0181. The smallest absolute Gasteiger partial charge is 0.425 e. The molecule has 0 bridgehead atoms. The molecular formula is C43H30N10O24S6. The molecule has 0 radical (unpaired) electrons. The largest absolute Gasteiger partial charge is 0.505 e. The molecule has 0 aromatic heterocycles. The van der Waals surface area contributed by atoms with Gasteiger partial charge in [0.15, 0.2) is 17.2 Å². The van der Waals surface area contributed by atoms with Crippen LogP contribution < -0.4 is 5.73 Å². The Bertz CT molecular complexity index is 4720. The molecular weight excluding hydrogens is 1230 g/mol. The van der Waals surface area contributed by atoms with Crippen LogP contribution in [-0.4, -0.2) is 102 Å². The second-order valence-electron chi connectivity index (χ2n) is 15.6. The maximum absolute atomic E-state index is 12.6. The highest BCUT2D eigenvalue weighted by molar-refractivity contribution is 7.86. The summed E-state index contributed by atoms with van der Waals surface area (Å²) >= 11 is 0. The Morgan fingerprint density at radius 1 is 0.446 bits per heavy atom. The number of hydrogen-bond donors (Lipinski definition) is 8. The van der Waals surface area contributed by atoms with Crippen LogP contribution in [-0.2, 0) is 68.8 Å². The minimum atomic E-state index is -5.07. The molecule has 0 unspecified atom stereocenters. The summed E-state index contributed by atoms with van der Waals surface area (Å²) in [6.07, 6.45) is 0. The normalized spacial score (nSPS) is 11.8. The monoisotopic (exact) mass is 1260 g/mol. The van der Waals surface area contributed by atoms with Gasteiger partial charge in [0.25, 0.3) is 36.0 Å². The van der Waals surface area contributed by atoms with E-state index in [2.05, 4.69) is 40.9 Å². The van der Waals surface area contributed by atoms with E-state index < -0.39 is 117 Å². The predicted octanol–water partition coefficient (Wildman–Crippen LogP) is 7.64. The third kappa shape index (κ3) is 16.8. The number of fused-ring (bicyclic) bond motifs is 3. The molecule has 0 aliphatic rings. The molecule has 34 nitrogen and oxygen atoms in total. The zero-order valence-electron chi connectivity index (χ0n) is 40.3. The first-order valence-electron chi connectivity index (χ1n) is 21.2. The molecule has 0 atom stereocenters. The molecule has 0 aliphatic carbocycles. The van der Waals surface area contributed by atoms with Gasteiger partial charge in [-0.3, -0.25) is 23.8 Å². The standard InChI is InChI=1S/C43H30N10O15S3.3O3S/c44-38-37-24(4-14-33(43(37)57)49-46-26-8-11-29-22(16-26)3-13-32(41(29)55)50-48-31-12-1-21(20-54)15-34(31)69(60,61)62)18-35(70(63,64)65)39(38)51-47-27-5-2-23-17-36(71(66,67)68)40(42(56)30(23)19-27)52-45-25-6-9-28(10-7-25)53(58)59;3*1-4(2)3/h1-19,54-57H,20,44H2,(H,60,61,62)(H,63,64,65)(H,66,67,68);;;. The number of nitrogens with zero attached hydrogens (tertiary/aromatic N) is 9. The van der Waals surface area contributed by atoms with Gasteiger partial charge in [-0.2, -0.15) is 40.6 Å². The van der Waals surface area contributed by atoms with Crippen molar-refractivity contribution in [1.29, 1.82) is 0 Å². The van der Waals surface area contributed by atoms with Crippen LogP contribution in [0.1, 0.15) is 5.56 Å². The number of non-ortho nitro benzene ring substituents is 1. The van der Waals surface area contributed by atoms with Crippen LogP contribution in [0.2, 0.25) is 0 Å². The molecule has 9 N–H and O–H groups in total. The van der Waals surface area contributed by atoms with Gasteiger partial charge >= 0.3 is 31.8 Å². The fraction of sp³-hybridized carbons (Fsp3) is 0.0233. The van der Waals surface area contributed by atoms with Gasteiger partial charge in [0, 0.05) is 22.9 Å². The van der Waals surface area contributed by atoms with Crippen molar-refractivity contribution in [2.45, 2.75) is 21.3 Å². The van der Waals surface area contributed by atoms with Gasteiger partial charge in [0.1, 0.15) is 43.1 Å². The minimum absolute atomic E-state index is 0.0109. The van der Waals surface area contributed by atoms with E-state index in [4.69, 9.17) is 43.6 Å². The molecule has 8 aromatic carbocycles. The summed E-state index contributed by atoms with van der Waals surface area (Å²) in [7, 11) is -24.2. The third-order valence-corrected chi connectivity index (χ3v) is 13.0. The lowest BCUT2D eigenvalue weighted by Crippen LogP contribution is -2.01. The summed E-state index contributed by atoms with van der Waals surface area (Å²) in [5.74, 6) is -1.76. The highest BCUT2D eigenvalue weighted by atomic mass is 32.2. The molecule has 0 spiro atoms. The molecule has 0 saturated heterocycles. The molecule has 432 valence electrons. The Hall–Kier alpha value is -9.91. The van der Waals surface area contributed by atoms with Gasteiger partial charge in [0.2, 0.25) is 0 Å². The van der Waals surface area contributed by atoms with Gasteiger partial charge in [-0.15, -0.1) is 63.5 Å². The molecule has 0 heterocycles. The van der Waals surface area contributed by atoms with Crippen LogP contribution in [0.3, 0.4) is 0 Å². The third-order valence-electron chi connectivity index (χ3n) is 10.4. The fourth-order valence-corrected chi connectivity index (χ4v) is 8.98. The fourth-order valence-electron chi connectivity index (χ4n) is 6.98. The van der Waals surface area contributed by atoms with Crippen molar-refractivity contribution in [3.8, 4) is 17.2 Å². The number of nitro benzene ring substituents is 1. The summed E-state index contributed by atoms with van der Waals surface area (Å²) in [5, 5.41) is 86.2. The molecule has 8 rings (SSSR count). The number of aliphatic hydroxyl groups excluding tert-OH is 1. The van der Waals surface area contributed by atoms with Gasteiger partial charge in [-0.1, -0.05) is 24.3 Å². The first-order valence-corrected chi connectivity index (χ1v) is 28.5. The van der Waals surface area contributed by atoms with Crippen LogP contribution in [0.25, 0.3) is 32.3 Å².